The lowest BCUT2D eigenvalue weighted by Crippen LogP contribution is -2.22. The van der Waals surface area contributed by atoms with Crippen molar-refractivity contribution in [1.82, 2.24) is 0 Å². The quantitative estimate of drug-likeness (QED) is 0.387. The highest BCUT2D eigenvalue weighted by Gasteiger charge is 2.22. The molecular weight excluding hydrogens is 196 g/mol. The van der Waals surface area contributed by atoms with Gasteiger partial charge in [0, 0.05) is 0 Å². The van der Waals surface area contributed by atoms with Crippen molar-refractivity contribution in [1.29, 1.82) is 0 Å². The van der Waals surface area contributed by atoms with Gasteiger partial charge >= 0.3 is 0 Å². The Morgan fingerprint density at radius 2 is 2.14 bits per heavy atom. The molecule has 1 heterocycles. The van der Waals surface area contributed by atoms with Gasteiger partial charge in [0.2, 0.25) is 8.32 Å². The van der Waals surface area contributed by atoms with E-state index in [1.165, 1.54) is 0 Å². The molecule has 0 aromatic carbocycles. The molecule has 0 radical (unpaired) electrons. The Kier molecular flexibility index (Phi) is 4.16. The normalized spacial score (nSPS) is 22.3. The van der Waals surface area contributed by atoms with E-state index in [1.54, 1.807) is 0 Å². The predicted molar refractivity (Wildman–Crippen MR) is 58.7 cm³/mol. The second-order valence-corrected chi connectivity index (χ2v) is 9.13. The summed E-state index contributed by atoms with van der Waals surface area (Å²) in [6.45, 7) is 10.7. The largest absolute Gasteiger partial charge is 0.550 e. The van der Waals surface area contributed by atoms with Crippen molar-refractivity contribution < 1.29 is 13.9 Å². The van der Waals surface area contributed by atoms with Gasteiger partial charge < -0.3 is 13.9 Å². The van der Waals surface area contributed by atoms with Crippen LogP contribution < -0.4 is 0 Å². The van der Waals surface area contributed by atoms with Crippen LogP contribution in [0.5, 0.6) is 0 Å². The minimum atomic E-state index is -1.43. The van der Waals surface area contributed by atoms with Crippen LogP contribution >= 0.6 is 0 Å². The molecule has 0 bridgehead atoms. The zero-order valence-corrected chi connectivity index (χ0v) is 10.5. The van der Waals surface area contributed by atoms with Crippen molar-refractivity contribution in [3.8, 4) is 0 Å². The van der Waals surface area contributed by atoms with E-state index in [2.05, 4.69) is 19.6 Å². The number of hydrogen-bond donors (Lipinski definition) is 0. The first-order valence-corrected chi connectivity index (χ1v) is 8.41. The maximum absolute atomic E-state index is 5.63. The standard InChI is InChI=1S/C10H20O3Si/c1-9(6-13-14(2,3)4)5-11-7-10-8-12-10/h6,10H,5,7-8H2,1-4H3. The maximum Gasteiger partial charge on any atom is 0.241 e. The van der Waals surface area contributed by atoms with E-state index >= 15 is 0 Å². The van der Waals surface area contributed by atoms with Crippen LogP contribution in [0, 0.1) is 0 Å². The lowest BCUT2D eigenvalue weighted by Gasteiger charge is -2.16. The first-order chi connectivity index (χ1) is 6.47. The van der Waals surface area contributed by atoms with Crippen LogP contribution in [0.1, 0.15) is 6.92 Å². The van der Waals surface area contributed by atoms with Crippen molar-refractivity contribution >= 4 is 8.32 Å². The summed E-state index contributed by atoms with van der Waals surface area (Å²) in [5.41, 5.74) is 1.13. The summed E-state index contributed by atoms with van der Waals surface area (Å²) in [5.74, 6) is 0. The third kappa shape index (κ3) is 6.18. The van der Waals surface area contributed by atoms with E-state index in [9.17, 15) is 0 Å². The van der Waals surface area contributed by atoms with Crippen molar-refractivity contribution in [3.63, 3.8) is 0 Å². The molecule has 0 spiro atoms. The van der Waals surface area contributed by atoms with Crippen molar-refractivity contribution in [2.45, 2.75) is 32.7 Å². The first-order valence-electron chi connectivity index (χ1n) is 5.00. The average molecular weight is 216 g/mol. The van der Waals surface area contributed by atoms with E-state index in [1.807, 2.05) is 13.2 Å². The zero-order valence-electron chi connectivity index (χ0n) is 9.50. The molecule has 14 heavy (non-hydrogen) atoms. The Morgan fingerprint density at radius 3 is 2.64 bits per heavy atom. The third-order valence-electron chi connectivity index (χ3n) is 1.65. The monoisotopic (exact) mass is 216 g/mol. The predicted octanol–water partition coefficient (Wildman–Crippen LogP) is 2.16. The molecule has 1 aliphatic rings. The lowest BCUT2D eigenvalue weighted by molar-refractivity contribution is 0.134. The molecule has 0 aromatic heterocycles. The minimum Gasteiger partial charge on any atom is -0.550 e. The van der Waals surface area contributed by atoms with Crippen LogP contribution in [-0.2, 0) is 13.9 Å². The smallest absolute Gasteiger partial charge is 0.241 e. The van der Waals surface area contributed by atoms with Crippen LogP contribution in [0.25, 0.3) is 0 Å². The minimum absolute atomic E-state index is 0.348. The lowest BCUT2D eigenvalue weighted by atomic mass is 10.4. The zero-order chi connectivity index (χ0) is 10.6. The molecule has 4 heteroatoms. The molecule has 1 unspecified atom stereocenters. The summed E-state index contributed by atoms with van der Waals surface area (Å²) in [6, 6.07) is 0. The van der Waals surface area contributed by atoms with Gasteiger partial charge in [-0.2, -0.15) is 0 Å². The summed E-state index contributed by atoms with van der Waals surface area (Å²) in [5, 5.41) is 0. The summed E-state index contributed by atoms with van der Waals surface area (Å²) >= 11 is 0. The van der Waals surface area contributed by atoms with Crippen LogP contribution in [0.4, 0.5) is 0 Å². The Bertz CT molecular complexity index is 204. The Labute approximate surface area is 87.2 Å². The van der Waals surface area contributed by atoms with E-state index < -0.39 is 8.32 Å². The fourth-order valence-electron chi connectivity index (χ4n) is 0.827. The molecule has 1 atom stereocenters. The van der Waals surface area contributed by atoms with Crippen molar-refractivity contribution in [3.05, 3.63) is 11.8 Å². The van der Waals surface area contributed by atoms with E-state index in [-0.39, 0.29) is 0 Å². The summed E-state index contributed by atoms with van der Waals surface area (Å²) < 4.78 is 16.1. The Balaban J connectivity index is 2.09. The molecule has 0 aromatic rings. The Hall–Kier alpha value is -0.323. The molecule has 1 aliphatic heterocycles. The number of rotatable bonds is 6. The van der Waals surface area contributed by atoms with E-state index in [0.29, 0.717) is 19.3 Å². The van der Waals surface area contributed by atoms with Crippen LogP contribution in [-0.4, -0.2) is 34.2 Å². The molecule has 1 fully saturated rings. The molecule has 3 nitrogen and oxygen atoms in total. The molecule has 0 aliphatic carbocycles. The van der Waals surface area contributed by atoms with Gasteiger partial charge in [-0.15, -0.1) is 0 Å². The van der Waals surface area contributed by atoms with Gasteiger partial charge in [-0.1, -0.05) is 0 Å². The summed E-state index contributed by atoms with van der Waals surface area (Å²) in [6.07, 6.45) is 2.18. The van der Waals surface area contributed by atoms with Crippen molar-refractivity contribution in [2.75, 3.05) is 19.8 Å². The Morgan fingerprint density at radius 1 is 1.50 bits per heavy atom. The van der Waals surface area contributed by atoms with Crippen LogP contribution in [0.2, 0.25) is 19.6 Å². The van der Waals surface area contributed by atoms with Gasteiger partial charge in [0.15, 0.2) is 0 Å². The van der Waals surface area contributed by atoms with Crippen molar-refractivity contribution in [2.24, 2.45) is 0 Å². The van der Waals surface area contributed by atoms with Crippen LogP contribution in [0.15, 0.2) is 11.8 Å². The molecule has 1 rings (SSSR count). The fourth-order valence-corrected chi connectivity index (χ4v) is 1.38. The second-order valence-electron chi connectivity index (χ2n) is 4.66. The molecule has 1 saturated heterocycles. The summed E-state index contributed by atoms with van der Waals surface area (Å²) in [7, 11) is -1.43. The third-order valence-corrected chi connectivity index (χ3v) is 2.47. The molecular formula is C10H20O3Si. The number of epoxide rings is 1. The van der Waals surface area contributed by atoms with Gasteiger partial charge in [0.25, 0.3) is 0 Å². The molecule has 0 saturated carbocycles. The molecule has 82 valence electrons. The second kappa shape index (κ2) is 4.96. The molecule has 0 amide bonds. The number of ether oxygens (including phenoxy) is 2. The van der Waals surface area contributed by atoms with E-state index in [4.69, 9.17) is 13.9 Å². The molecule has 0 N–H and O–H groups in total. The van der Waals surface area contributed by atoms with E-state index in [0.717, 1.165) is 12.2 Å². The highest BCUT2D eigenvalue weighted by atomic mass is 28.4. The van der Waals surface area contributed by atoms with Gasteiger partial charge in [-0.05, 0) is 32.1 Å². The average Bonchev–Trinajstić information content (AvgIpc) is 2.83. The highest BCUT2D eigenvalue weighted by Crippen LogP contribution is 2.10. The number of hydrogen-bond acceptors (Lipinski definition) is 3. The SMILES string of the molecule is CC(=CO[Si](C)(C)C)COCC1CO1. The fraction of sp³-hybridized carbons (Fsp3) is 0.800. The van der Waals surface area contributed by atoms with Crippen LogP contribution in [0.3, 0.4) is 0 Å². The van der Waals surface area contributed by atoms with Gasteiger partial charge in [-0.3, -0.25) is 0 Å². The van der Waals surface area contributed by atoms with Gasteiger partial charge in [0.05, 0.1) is 26.1 Å². The topological polar surface area (TPSA) is 31.0 Å². The van der Waals surface area contributed by atoms with Gasteiger partial charge in [-0.25, -0.2) is 0 Å². The maximum atomic E-state index is 5.63. The summed E-state index contributed by atoms with van der Waals surface area (Å²) in [4.78, 5) is 0. The van der Waals surface area contributed by atoms with Gasteiger partial charge in [0.1, 0.15) is 6.10 Å². The first kappa shape index (κ1) is 11.7. The highest BCUT2D eigenvalue weighted by molar-refractivity contribution is 6.69.